The van der Waals surface area contributed by atoms with Crippen LogP contribution >= 0.6 is 0 Å². The maximum Gasteiger partial charge on any atom is 0.224 e. The SMILES string of the molecule is CN1C[C@H](Oc2ccccn2)[C@]2(CCN(S(C)(=O)=O)C2)S1(=O)=O. The minimum absolute atomic E-state index is 0.0873. The second-order valence-electron chi connectivity index (χ2n) is 5.97. The molecule has 2 fully saturated rings. The fourth-order valence-electron chi connectivity index (χ4n) is 3.21. The summed E-state index contributed by atoms with van der Waals surface area (Å²) in [5, 5.41) is 0. The van der Waals surface area contributed by atoms with E-state index in [9.17, 15) is 16.8 Å². The van der Waals surface area contributed by atoms with E-state index >= 15 is 0 Å². The van der Waals surface area contributed by atoms with Gasteiger partial charge in [-0.25, -0.2) is 30.4 Å². The van der Waals surface area contributed by atoms with Crippen LogP contribution in [-0.2, 0) is 20.0 Å². The lowest BCUT2D eigenvalue weighted by atomic mass is 10.0. The third kappa shape index (κ3) is 2.63. The number of hydrogen-bond acceptors (Lipinski definition) is 6. The van der Waals surface area contributed by atoms with Gasteiger partial charge in [0.1, 0.15) is 10.9 Å². The van der Waals surface area contributed by atoms with E-state index in [0.29, 0.717) is 5.88 Å². The van der Waals surface area contributed by atoms with Gasteiger partial charge >= 0.3 is 0 Å². The van der Waals surface area contributed by atoms with E-state index in [1.165, 1.54) is 15.7 Å². The number of ether oxygens (including phenoxy) is 1. The van der Waals surface area contributed by atoms with E-state index in [2.05, 4.69) is 4.98 Å². The summed E-state index contributed by atoms with van der Waals surface area (Å²) in [6.45, 7) is 0.264. The van der Waals surface area contributed by atoms with E-state index in [4.69, 9.17) is 4.74 Å². The first-order chi connectivity index (χ1) is 10.7. The van der Waals surface area contributed by atoms with E-state index in [0.717, 1.165) is 6.26 Å². The molecular formula is C13H19N3O5S2. The minimum atomic E-state index is -3.65. The molecule has 2 aliphatic rings. The molecule has 0 aromatic carbocycles. The Labute approximate surface area is 136 Å². The monoisotopic (exact) mass is 361 g/mol. The van der Waals surface area contributed by atoms with Gasteiger partial charge in [-0.2, -0.15) is 0 Å². The Balaban J connectivity index is 1.97. The van der Waals surface area contributed by atoms with Gasteiger partial charge in [0.15, 0.2) is 0 Å². The van der Waals surface area contributed by atoms with Gasteiger partial charge in [-0.15, -0.1) is 0 Å². The van der Waals surface area contributed by atoms with Crippen LogP contribution in [-0.4, -0.2) is 74.2 Å². The molecule has 23 heavy (non-hydrogen) atoms. The van der Waals surface area contributed by atoms with Crippen LogP contribution in [0, 0.1) is 0 Å². The summed E-state index contributed by atoms with van der Waals surface area (Å²) in [5.74, 6) is 0.334. The Morgan fingerprint density at radius 3 is 2.70 bits per heavy atom. The van der Waals surface area contributed by atoms with Crippen LogP contribution in [0.2, 0.25) is 0 Å². The number of aromatic nitrogens is 1. The summed E-state index contributed by atoms with van der Waals surface area (Å²) in [4.78, 5) is 4.07. The molecule has 2 atom stereocenters. The molecule has 0 saturated carbocycles. The van der Waals surface area contributed by atoms with Gasteiger partial charge in [-0.05, 0) is 12.5 Å². The Bertz CT molecular complexity index is 796. The van der Waals surface area contributed by atoms with E-state index in [1.807, 2.05) is 0 Å². The predicted molar refractivity (Wildman–Crippen MR) is 84.0 cm³/mol. The normalized spacial score (nSPS) is 31.7. The number of hydrogen-bond donors (Lipinski definition) is 0. The van der Waals surface area contributed by atoms with Crippen LogP contribution in [0.4, 0.5) is 0 Å². The minimum Gasteiger partial charge on any atom is -0.471 e. The molecule has 128 valence electrons. The fourth-order valence-corrected chi connectivity index (χ4v) is 6.25. The van der Waals surface area contributed by atoms with Crippen molar-refractivity contribution in [2.24, 2.45) is 0 Å². The Morgan fingerprint density at radius 1 is 1.39 bits per heavy atom. The summed E-state index contributed by atoms with van der Waals surface area (Å²) >= 11 is 0. The number of sulfonamides is 2. The largest absolute Gasteiger partial charge is 0.471 e. The molecule has 2 saturated heterocycles. The van der Waals surface area contributed by atoms with Gasteiger partial charge in [-0.3, -0.25) is 0 Å². The molecule has 0 N–H and O–H groups in total. The Kier molecular flexibility index (Phi) is 3.90. The maximum absolute atomic E-state index is 12.8. The number of likely N-dealkylation sites (N-methyl/N-ethyl adjacent to an activating group) is 1. The molecule has 10 heteroatoms. The van der Waals surface area contributed by atoms with Crippen LogP contribution in [0.25, 0.3) is 0 Å². The third-order valence-electron chi connectivity index (χ3n) is 4.53. The molecule has 3 rings (SSSR count). The van der Waals surface area contributed by atoms with Crippen molar-refractivity contribution in [3.63, 3.8) is 0 Å². The Morgan fingerprint density at radius 2 is 2.13 bits per heavy atom. The molecule has 1 spiro atoms. The third-order valence-corrected chi connectivity index (χ3v) is 8.37. The lowest BCUT2D eigenvalue weighted by Gasteiger charge is -2.28. The van der Waals surface area contributed by atoms with Crippen molar-refractivity contribution < 1.29 is 21.6 Å². The molecule has 0 aliphatic carbocycles. The molecule has 0 amide bonds. The van der Waals surface area contributed by atoms with Gasteiger partial charge in [0.25, 0.3) is 0 Å². The predicted octanol–water partition coefficient (Wildman–Crippen LogP) is -0.492. The van der Waals surface area contributed by atoms with Gasteiger partial charge < -0.3 is 4.74 Å². The van der Waals surface area contributed by atoms with Crippen LogP contribution in [0.1, 0.15) is 6.42 Å². The zero-order valence-electron chi connectivity index (χ0n) is 12.9. The molecule has 0 unspecified atom stereocenters. The van der Waals surface area contributed by atoms with Gasteiger partial charge in [0.2, 0.25) is 25.9 Å². The summed E-state index contributed by atoms with van der Waals surface area (Å²) in [5.41, 5.74) is 0. The molecular weight excluding hydrogens is 342 g/mol. The summed E-state index contributed by atoms with van der Waals surface area (Å²) in [7, 11) is -5.62. The average molecular weight is 361 g/mol. The topological polar surface area (TPSA) is 96.9 Å². The quantitative estimate of drug-likeness (QED) is 0.721. The molecule has 8 nitrogen and oxygen atoms in total. The van der Waals surface area contributed by atoms with Crippen molar-refractivity contribution in [1.29, 1.82) is 0 Å². The summed E-state index contributed by atoms with van der Waals surface area (Å²) in [6, 6.07) is 5.14. The molecule has 3 heterocycles. The maximum atomic E-state index is 12.8. The van der Waals surface area contributed by atoms with Crippen LogP contribution < -0.4 is 4.74 Å². The fraction of sp³-hybridized carbons (Fsp3) is 0.615. The van der Waals surface area contributed by atoms with Gasteiger partial charge in [-0.1, -0.05) is 6.07 Å². The highest BCUT2D eigenvalue weighted by atomic mass is 32.2. The summed E-state index contributed by atoms with van der Waals surface area (Å²) < 4.78 is 56.2. The van der Waals surface area contributed by atoms with Crippen molar-refractivity contribution >= 4 is 20.0 Å². The van der Waals surface area contributed by atoms with E-state index in [1.54, 1.807) is 24.4 Å². The van der Waals surface area contributed by atoms with Crippen molar-refractivity contribution in [2.45, 2.75) is 17.3 Å². The van der Waals surface area contributed by atoms with Crippen molar-refractivity contribution in [3.8, 4) is 5.88 Å². The zero-order valence-corrected chi connectivity index (χ0v) is 14.5. The molecule has 0 bridgehead atoms. The smallest absolute Gasteiger partial charge is 0.224 e. The van der Waals surface area contributed by atoms with E-state index in [-0.39, 0.29) is 26.1 Å². The number of pyridine rings is 1. The first-order valence-electron chi connectivity index (χ1n) is 7.15. The second kappa shape index (κ2) is 5.40. The lowest BCUT2D eigenvalue weighted by molar-refractivity contribution is 0.153. The number of rotatable bonds is 3. The van der Waals surface area contributed by atoms with Crippen molar-refractivity contribution in [2.75, 3.05) is 32.9 Å². The van der Waals surface area contributed by atoms with Crippen LogP contribution in [0.5, 0.6) is 5.88 Å². The van der Waals surface area contributed by atoms with Crippen LogP contribution in [0.3, 0.4) is 0 Å². The van der Waals surface area contributed by atoms with Crippen LogP contribution in [0.15, 0.2) is 24.4 Å². The van der Waals surface area contributed by atoms with Crippen molar-refractivity contribution in [1.82, 2.24) is 13.6 Å². The average Bonchev–Trinajstić information content (AvgIpc) is 3.00. The summed E-state index contributed by atoms with van der Waals surface area (Å²) in [6.07, 6.45) is 2.20. The van der Waals surface area contributed by atoms with Gasteiger partial charge in [0, 0.05) is 32.4 Å². The Hall–Kier alpha value is -1.23. The van der Waals surface area contributed by atoms with Crippen molar-refractivity contribution in [3.05, 3.63) is 24.4 Å². The van der Waals surface area contributed by atoms with E-state index < -0.39 is 30.9 Å². The first kappa shape index (κ1) is 16.6. The molecule has 2 aliphatic heterocycles. The molecule has 0 radical (unpaired) electrons. The lowest BCUT2D eigenvalue weighted by Crippen LogP contribution is -2.50. The highest BCUT2D eigenvalue weighted by molar-refractivity contribution is 7.91. The zero-order chi connectivity index (χ0) is 16.9. The highest BCUT2D eigenvalue weighted by Gasteiger charge is 2.63. The molecule has 1 aromatic rings. The standard InChI is InChI=1S/C13H19N3O5S2/c1-15-9-11(21-12-5-3-4-7-14-12)13(23(15,19)20)6-8-16(10-13)22(2,17)18/h3-5,7,11H,6,8-10H2,1-2H3/t11-,13+/m0/s1. The molecule has 1 aromatic heterocycles. The first-order valence-corrected chi connectivity index (χ1v) is 10.4. The second-order valence-corrected chi connectivity index (χ2v) is 10.3. The van der Waals surface area contributed by atoms with Gasteiger partial charge in [0.05, 0.1) is 12.8 Å². The highest BCUT2D eigenvalue weighted by Crippen LogP contribution is 2.42. The number of nitrogens with zero attached hydrogens (tertiary/aromatic N) is 3.